The fourth-order valence-electron chi connectivity index (χ4n) is 3.72. The van der Waals surface area contributed by atoms with Gasteiger partial charge in [0.15, 0.2) is 0 Å². The Morgan fingerprint density at radius 1 is 1.40 bits per heavy atom. The number of carbonyl (C=O) groups is 1. The molecular weight excluding hydrogens is 266 g/mol. The number of nitrogens with two attached hydrogens (primary N) is 1. The Morgan fingerprint density at radius 3 is 2.85 bits per heavy atom. The van der Waals surface area contributed by atoms with E-state index >= 15 is 0 Å². The molecule has 1 saturated carbocycles. The number of aliphatic hydroxyl groups excluding tert-OH is 2. The van der Waals surface area contributed by atoms with E-state index in [1.165, 1.54) is 7.11 Å². The maximum Gasteiger partial charge on any atom is 0.308 e. The van der Waals surface area contributed by atoms with E-state index in [1.807, 2.05) is 0 Å². The van der Waals surface area contributed by atoms with Crippen LogP contribution in [0, 0.1) is 0 Å². The molecular formula is C13H21NO6. The Bertz CT molecular complexity index is 418. The third kappa shape index (κ3) is 1.96. The first-order valence-electron chi connectivity index (χ1n) is 6.97. The predicted octanol–water partition coefficient (Wildman–Crippen LogP) is -0.963. The highest BCUT2D eigenvalue weighted by Gasteiger charge is 2.66. The maximum absolute atomic E-state index is 11.4. The zero-order chi connectivity index (χ0) is 14.5. The summed E-state index contributed by atoms with van der Waals surface area (Å²) in [7, 11) is 1.34. The van der Waals surface area contributed by atoms with Crippen LogP contribution in [0.15, 0.2) is 0 Å². The van der Waals surface area contributed by atoms with Crippen molar-refractivity contribution < 1.29 is 29.2 Å². The summed E-state index contributed by atoms with van der Waals surface area (Å²) in [6.07, 6.45) is -0.706. The van der Waals surface area contributed by atoms with E-state index < -0.39 is 29.6 Å². The summed E-state index contributed by atoms with van der Waals surface area (Å²) in [5, 5.41) is 19.9. The van der Waals surface area contributed by atoms with Crippen LogP contribution >= 0.6 is 0 Å². The van der Waals surface area contributed by atoms with Gasteiger partial charge in [0.05, 0.1) is 31.8 Å². The fraction of sp³-hybridized carbons (Fsp3) is 0.923. The van der Waals surface area contributed by atoms with Gasteiger partial charge in [-0.1, -0.05) is 0 Å². The molecule has 2 saturated heterocycles. The Kier molecular flexibility index (Phi) is 3.30. The molecule has 0 radical (unpaired) electrons. The second kappa shape index (κ2) is 4.64. The monoisotopic (exact) mass is 287 g/mol. The van der Waals surface area contributed by atoms with Gasteiger partial charge in [-0.3, -0.25) is 4.79 Å². The van der Waals surface area contributed by atoms with Crippen LogP contribution in [0.1, 0.15) is 32.1 Å². The number of rotatable bonds is 2. The van der Waals surface area contributed by atoms with Crippen LogP contribution in [0.2, 0.25) is 0 Å². The molecule has 3 aliphatic rings. The summed E-state index contributed by atoms with van der Waals surface area (Å²) >= 11 is 0. The third-order valence-corrected chi connectivity index (χ3v) is 4.83. The summed E-state index contributed by atoms with van der Waals surface area (Å²) in [6, 6.07) is 0. The Balaban J connectivity index is 1.80. The second-order valence-electron chi connectivity index (χ2n) is 6.07. The van der Waals surface area contributed by atoms with Crippen LogP contribution in [0.3, 0.4) is 0 Å². The van der Waals surface area contributed by atoms with Crippen molar-refractivity contribution >= 4 is 5.97 Å². The molecule has 0 aromatic carbocycles. The minimum absolute atomic E-state index is 0.164. The average Bonchev–Trinajstić information content (AvgIpc) is 2.66. The van der Waals surface area contributed by atoms with Gasteiger partial charge in [0.25, 0.3) is 0 Å². The van der Waals surface area contributed by atoms with Gasteiger partial charge >= 0.3 is 5.97 Å². The molecule has 2 heterocycles. The summed E-state index contributed by atoms with van der Waals surface area (Å²) in [4.78, 5) is 11.4. The molecule has 0 aromatic heterocycles. The van der Waals surface area contributed by atoms with Gasteiger partial charge in [-0.05, 0) is 12.8 Å². The van der Waals surface area contributed by atoms with E-state index in [0.29, 0.717) is 19.3 Å². The molecule has 3 rings (SSSR count). The van der Waals surface area contributed by atoms with Gasteiger partial charge in [0.1, 0.15) is 17.4 Å². The lowest BCUT2D eigenvalue weighted by Gasteiger charge is -2.49. The molecule has 0 aromatic rings. The van der Waals surface area contributed by atoms with Crippen molar-refractivity contribution in [2.75, 3.05) is 7.11 Å². The Hall–Kier alpha value is -0.730. The van der Waals surface area contributed by atoms with Crippen LogP contribution in [0.5, 0.6) is 0 Å². The summed E-state index contributed by atoms with van der Waals surface area (Å²) < 4.78 is 16.5. The summed E-state index contributed by atoms with van der Waals surface area (Å²) in [5.41, 5.74) is 4.48. The van der Waals surface area contributed by atoms with Gasteiger partial charge in [-0.25, -0.2) is 0 Å². The smallest absolute Gasteiger partial charge is 0.308 e. The van der Waals surface area contributed by atoms with E-state index in [4.69, 9.17) is 15.2 Å². The van der Waals surface area contributed by atoms with E-state index in [0.717, 1.165) is 0 Å². The third-order valence-electron chi connectivity index (χ3n) is 4.83. The maximum atomic E-state index is 11.4. The van der Waals surface area contributed by atoms with E-state index in [9.17, 15) is 15.0 Å². The standard InChI is InChI=1S/C13H21NO6/c1-18-10(16)4-7-2-3-13(14)12(19-7)5-8(15)11(17)9(6-12)20-13/h7-9,11,15,17H,2-6,14H2,1H3/t7?,8-,9-,11-,12?,13?/m1/s1. The molecule has 1 spiro atoms. The van der Waals surface area contributed by atoms with Crippen LogP contribution in [-0.4, -0.2) is 59.0 Å². The molecule has 2 bridgehead atoms. The Morgan fingerprint density at radius 2 is 2.15 bits per heavy atom. The molecule has 4 N–H and O–H groups in total. The summed E-state index contributed by atoms with van der Waals surface area (Å²) in [5.74, 6) is -0.331. The molecule has 3 unspecified atom stereocenters. The number of aliphatic hydroxyl groups is 2. The quantitative estimate of drug-likeness (QED) is 0.561. The van der Waals surface area contributed by atoms with Crippen molar-refractivity contribution in [2.45, 2.75) is 67.8 Å². The highest BCUT2D eigenvalue weighted by molar-refractivity contribution is 5.69. The zero-order valence-corrected chi connectivity index (χ0v) is 11.4. The second-order valence-corrected chi connectivity index (χ2v) is 6.07. The molecule has 3 fully saturated rings. The van der Waals surface area contributed by atoms with Crippen molar-refractivity contribution in [3.05, 3.63) is 0 Å². The van der Waals surface area contributed by atoms with Gasteiger partial charge in [-0.2, -0.15) is 0 Å². The molecule has 7 nitrogen and oxygen atoms in total. The van der Waals surface area contributed by atoms with Gasteiger partial charge in [0.2, 0.25) is 0 Å². The van der Waals surface area contributed by atoms with Gasteiger partial charge in [-0.15, -0.1) is 0 Å². The lowest BCUT2D eigenvalue weighted by Crippen LogP contribution is -2.65. The number of carbonyl (C=O) groups excluding carboxylic acids is 1. The number of hydrogen-bond donors (Lipinski definition) is 3. The van der Waals surface area contributed by atoms with E-state index in [-0.39, 0.29) is 24.9 Å². The molecule has 114 valence electrons. The van der Waals surface area contributed by atoms with Gasteiger partial charge < -0.3 is 30.2 Å². The first-order chi connectivity index (χ1) is 9.39. The minimum atomic E-state index is -0.997. The first-order valence-corrected chi connectivity index (χ1v) is 6.97. The zero-order valence-electron chi connectivity index (χ0n) is 11.4. The van der Waals surface area contributed by atoms with Crippen LogP contribution < -0.4 is 5.73 Å². The van der Waals surface area contributed by atoms with E-state index in [1.54, 1.807) is 0 Å². The molecule has 20 heavy (non-hydrogen) atoms. The number of esters is 1. The molecule has 0 amide bonds. The first kappa shape index (κ1) is 14.2. The Labute approximate surface area is 117 Å². The average molecular weight is 287 g/mol. The predicted molar refractivity (Wildman–Crippen MR) is 66.5 cm³/mol. The van der Waals surface area contributed by atoms with E-state index in [2.05, 4.69) is 4.74 Å². The number of hydrogen-bond acceptors (Lipinski definition) is 7. The largest absolute Gasteiger partial charge is 0.469 e. The fourth-order valence-corrected chi connectivity index (χ4v) is 3.72. The molecule has 1 aliphatic carbocycles. The molecule has 6 atom stereocenters. The lowest BCUT2D eigenvalue weighted by atomic mass is 9.73. The van der Waals surface area contributed by atoms with Crippen LogP contribution in [0.25, 0.3) is 0 Å². The number of fused-ring (bicyclic) bond motifs is 1. The topological polar surface area (TPSA) is 111 Å². The van der Waals surface area contributed by atoms with Gasteiger partial charge in [0, 0.05) is 12.8 Å². The van der Waals surface area contributed by atoms with Crippen molar-refractivity contribution in [1.82, 2.24) is 0 Å². The SMILES string of the molecule is COC(=O)CC1CCC2(N)O[C@@H]3CC2(C[C@@H](O)[C@H]3O)O1. The highest BCUT2D eigenvalue weighted by Crippen LogP contribution is 2.53. The molecule has 7 heteroatoms. The number of ether oxygens (including phenoxy) is 3. The lowest BCUT2D eigenvalue weighted by molar-refractivity contribution is -0.222. The van der Waals surface area contributed by atoms with Crippen LogP contribution in [0.4, 0.5) is 0 Å². The number of methoxy groups -OCH3 is 1. The summed E-state index contributed by atoms with van der Waals surface area (Å²) in [6.45, 7) is 0. The normalized spacial score (nSPS) is 50.6. The van der Waals surface area contributed by atoms with Crippen molar-refractivity contribution in [3.63, 3.8) is 0 Å². The van der Waals surface area contributed by atoms with Crippen LogP contribution in [-0.2, 0) is 19.0 Å². The van der Waals surface area contributed by atoms with Crippen molar-refractivity contribution in [2.24, 2.45) is 5.73 Å². The highest BCUT2D eigenvalue weighted by atomic mass is 16.6. The minimum Gasteiger partial charge on any atom is -0.469 e. The molecule has 2 aliphatic heterocycles. The van der Waals surface area contributed by atoms with Crippen molar-refractivity contribution in [1.29, 1.82) is 0 Å². The van der Waals surface area contributed by atoms with Crippen molar-refractivity contribution in [3.8, 4) is 0 Å².